The summed E-state index contributed by atoms with van der Waals surface area (Å²) < 4.78 is 1.61. The second-order valence-corrected chi connectivity index (χ2v) is 5.35. The Balaban J connectivity index is 1.70. The number of nitrogens with one attached hydrogen (secondary N) is 2. The molecule has 20 heavy (non-hydrogen) atoms. The normalized spacial score (nSPS) is 18.9. The minimum atomic E-state index is 0.511. The largest absolute Gasteiger partial charge is 0.382 e. The minimum Gasteiger partial charge on any atom is -0.382 e. The van der Waals surface area contributed by atoms with E-state index in [0.717, 1.165) is 24.5 Å². The van der Waals surface area contributed by atoms with Gasteiger partial charge in [0.2, 0.25) is 0 Å². The summed E-state index contributed by atoms with van der Waals surface area (Å²) in [5.74, 6) is 0. The van der Waals surface area contributed by atoms with Crippen LogP contribution in [0.1, 0.15) is 19.3 Å². The van der Waals surface area contributed by atoms with Gasteiger partial charge in [-0.2, -0.15) is 0 Å². The summed E-state index contributed by atoms with van der Waals surface area (Å²) in [5, 5.41) is 18.8. The van der Waals surface area contributed by atoms with E-state index in [1.165, 1.54) is 19.3 Å². The van der Waals surface area contributed by atoms with Crippen molar-refractivity contribution in [1.82, 2.24) is 25.5 Å². The fourth-order valence-electron chi connectivity index (χ4n) is 2.40. The van der Waals surface area contributed by atoms with E-state index < -0.39 is 0 Å². The minimum absolute atomic E-state index is 0.511. The lowest BCUT2D eigenvalue weighted by Crippen LogP contribution is -2.39. The molecule has 2 aromatic rings. The topological polar surface area (TPSA) is 67.7 Å². The predicted octanol–water partition coefficient (Wildman–Crippen LogP) is 1.87. The second kappa shape index (κ2) is 6.19. The molecule has 0 aliphatic carbocycles. The molecule has 1 fully saturated rings. The number of rotatable bonds is 4. The fraction of sp³-hybridized carbons (Fsp3) is 0.462. The predicted molar refractivity (Wildman–Crippen MR) is 78.3 cm³/mol. The summed E-state index contributed by atoms with van der Waals surface area (Å²) in [6, 6.07) is 6.22. The molecule has 1 aliphatic heterocycles. The molecular weight excluding hydrogens is 276 g/mol. The number of aromatic nitrogens is 4. The maximum Gasteiger partial charge on any atom is 0.143 e. The van der Waals surface area contributed by atoms with E-state index in [0.29, 0.717) is 11.1 Å². The number of halogens is 1. The van der Waals surface area contributed by atoms with Crippen molar-refractivity contribution in [3.63, 3.8) is 0 Å². The van der Waals surface area contributed by atoms with E-state index in [4.69, 9.17) is 11.6 Å². The quantitative estimate of drug-likeness (QED) is 0.900. The average Bonchev–Trinajstić information content (AvgIpc) is 3.02. The molecule has 0 amide bonds. The Morgan fingerprint density at radius 3 is 3.10 bits per heavy atom. The Kier molecular flexibility index (Phi) is 4.13. The Morgan fingerprint density at radius 1 is 1.40 bits per heavy atom. The SMILES string of the molecule is Clc1ccc(-n2cnnn2)cc1NCC1CCCCN1. The van der Waals surface area contributed by atoms with Crippen LogP contribution in [-0.2, 0) is 0 Å². The molecule has 1 atom stereocenters. The first-order chi connectivity index (χ1) is 9.83. The van der Waals surface area contributed by atoms with Crippen molar-refractivity contribution in [1.29, 1.82) is 0 Å². The lowest BCUT2D eigenvalue weighted by Gasteiger charge is -2.24. The zero-order chi connectivity index (χ0) is 13.8. The first kappa shape index (κ1) is 13.3. The Bertz CT molecular complexity index is 550. The third-order valence-electron chi connectivity index (χ3n) is 3.51. The third kappa shape index (κ3) is 3.08. The van der Waals surface area contributed by atoms with E-state index in [1.807, 2.05) is 18.2 Å². The van der Waals surface area contributed by atoms with Gasteiger partial charge in [0.1, 0.15) is 6.33 Å². The van der Waals surface area contributed by atoms with Gasteiger partial charge in [-0.05, 0) is 48.0 Å². The maximum absolute atomic E-state index is 6.23. The van der Waals surface area contributed by atoms with Crippen LogP contribution in [0.15, 0.2) is 24.5 Å². The molecule has 0 saturated carbocycles. The van der Waals surface area contributed by atoms with Crippen molar-refractivity contribution < 1.29 is 0 Å². The number of hydrogen-bond acceptors (Lipinski definition) is 5. The molecule has 2 N–H and O–H groups in total. The third-order valence-corrected chi connectivity index (χ3v) is 3.84. The first-order valence-electron chi connectivity index (χ1n) is 6.83. The number of anilines is 1. The van der Waals surface area contributed by atoms with E-state index in [9.17, 15) is 0 Å². The molecule has 0 radical (unpaired) electrons. The van der Waals surface area contributed by atoms with Gasteiger partial charge in [0.25, 0.3) is 0 Å². The van der Waals surface area contributed by atoms with Crippen molar-refractivity contribution >= 4 is 17.3 Å². The van der Waals surface area contributed by atoms with Gasteiger partial charge in [0, 0.05) is 12.6 Å². The number of benzene rings is 1. The van der Waals surface area contributed by atoms with Gasteiger partial charge >= 0.3 is 0 Å². The van der Waals surface area contributed by atoms with E-state index in [-0.39, 0.29) is 0 Å². The van der Waals surface area contributed by atoms with Crippen LogP contribution in [0.3, 0.4) is 0 Å². The number of hydrogen-bond donors (Lipinski definition) is 2. The van der Waals surface area contributed by atoms with Crippen molar-refractivity contribution in [3.05, 3.63) is 29.5 Å². The molecule has 2 heterocycles. The van der Waals surface area contributed by atoms with Crippen LogP contribution in [0.25, 0.3) is 5.69 Å². The van der Waals surface area contributed by atoms with E-state index in [1.54, 1.807) is 11.0 Å². The zero-order valence-electron chi connectivity index (χ0n) is 11.1. The van der Waals surface area contributed by atoms with Gasteiger partial charge in [-0.25, -0.2) is 4.68 Å². The molecule has 6 nitrogen and oxygen atoms in total. The summed E-state index contributed by atoms with van der Waals surface area (Å²) >= 11 is 6.23. The molecule has 1 aromatic heterocycles. The molecule has 0 bridgehead atoms. The molecular formula is C13H17ClN6. The van der Waals surface area contributed by atoms with Crippen LogP contribution in [-0.4, -0.2) is 39.3 Å². The van der Waals surface area contributed by atoms with Gasteiger partial charge < -0.3 is 10.6 Å². The van der Waals surface area contributed by atoms with Crippen molar-refractivity contribution in [2.45, 2.75) is 25.3 Å². The van der Waals surface area contributed by atoms with E-state index in [2.05, 4.69) is 26.2 Å². The molecule has 1 aromatic carbocycles. The van der Waals surface area contributed by atoms with Crippen LogP contribution in [0, 0.1) is 0 Å². The molecule has 1 saturated heterocycles. The molecule has 0 spiro atoms. The fourth-order valence-corrected chi connectivity index (χ4v) is 2.59. The molecule has 1 aliphatic rings. The Labute approximate surface area is 122 Å². The lowest BCUT2D eigenvalue weighted by molar-refractivity contribution is 0.414. The smallest absolute Gasteiger partial charge is 0.143 e. The summed E-state index contributed by atoms with van der Waals surface area (Å²) in [4.78, 5) is 0. The number of nitrogens with zero attached hydrogens (tertiary/aromatic N) is 4. The van der Waals surface area contributed by atoms with Crippen molar-refractivity contribution in [3.8, 4) is 5.69 Å². The first-order valence-corrected chi connectivity index (χ1v) is 7.21. The second-order valence-electron chi connectivity index (χ2n) is 4.95. The number of tetrazole rings is 1. The van der Waals surface area contributed by atoms with Gasteiger partial charge in [-0.3, -0.25) is 0 Å². The van der Waals surface area contributed by atoms with Crippen LogP contribution >= 0.6 is 11.6 Å². The Hall–Kier alpha value is -1.66. The standard InChI is InChI=1S/C13H17ClN6/c14-12-5-4-11(20-9-17-18-19-20)7-13(12)16-8-10-3-1-2-6-15-10/h4-5,7,9-10,15-16H,1-3,6,8H2. The van der Waals surface area contributed by atoms with Gasteiger partial charge in [0.05, 0.1) is 16.4 Å². The highest BCUT2D eigenvalue weighted by molar-refractivity contribution is 6.33. The molecule has 3 rings (SSSR count). The van der Waals surface area contributed by atoms with Crippen LogP contribution in [0.4, 0.5) is 5.69 Å². The highest BCUT2D eigenvalue weighted by Crippen LogP contribution is 2.24. The average molecular weight is 293 g/mol. The lowest BCUT2D eigenvalue weighted by atomic mass is 10.1. The summed E-state index contributed by atoms with van der Waals surface area (Å²) in [6.07, 6.45) is 5.33. The molecule has 1 unspecified atom stereocenters. The number of piperidine rings is 1. The van der Waals surface area contributed by atoms with E-state index >= 15 is 0 Å². The molecule has 7 heteroatoms. The Morgan fingerprint density at radius 2 is 2.35 bits per heavy atom. The summed E-state index contributed by atoms with van der Waals surface area (Å²) in [5.41, 5.74) is 1.80. The van der Waals surface area contributed by atoms with Crippen LogP contribution in [0.2, 0.25) is 5.02 Å². The monoisotopic (exact) mass is 292 g/mol. The maximum atomic E-state index is 6.23. The highest BCUT2D eigenvalue weighted by Gasteiger charge is 2.13. The van der Waals surface area contributed by atoms with Crippen molar-refractivity contribution in [2.24, 2.45) is 0 Å². The highest BCUT2D eigenvalue weighted by atomic mass is 35.5. The van der Waals surface area contributed by atoms with Gasteiger partial charge in [-0.15, -0.1) is 5.10 Å². The summed E-state index contributed by atoms with van der Waals surface area (Å²) in [6.45, 7) is 1.98. The van der Waals surface area contributed by atoms with Gasteiger partial charge in [0.15, 0.2) is 0 Å². The summed E-state index contributed by atoms with van der Waals surface area (Å²) in [7, 11) is 0. The zero-order valence-corrected chi connectivity index (χ0v) is 11.8. The van der Waals surface area contributed by atoms with Crippen LogP contribution in [0.5, 0.6) is 0 Å². The molecule has 106 valence electrons. The van der Waals surface area contributed by atoms with Gasteiger partial charge in [-0.1, -0.05) is 18.0 Å². The van der Waals surface area contributed by atoms with Crippen molar-refractivity contribution in [2.75, 3.05) is 18.4 Å². The van der Waals surface area contributed by atoms with Crippen LogP contribution < -0.4 is 10.6 Å².